The molecule has 1 aliphatic rings. The zero-order valence-corrected chi connectivity index (χ0v) is 16.5. The number of rotatable bonds is 5. The molecule has 2 aromatic carbocycles. The summed E-state index contributed by atoms with van der Waals surface area (Å²) in [4.78, 5) is 26.5. The molecule has 2 aromatic rings. The maximum Gasteiger partial charge on any atom is 0.416 e. The molecule has 0 aromatic heterocycles. The molecule has 3 rings (SSSR count). The third kappa shape index (κ3) is 5.52. The Morgan fingerprint density at radius 2 is 1.81 bits per heavy atom. The minimum Gasteiger partial charge on any atom is -0.449 e. The molecule has 166 valence electrons. The summed E-state index contributed by atoms with van der Waals surface area (Å²) in [5.74, 6) is -2.72. The second kappa shape index (κ2) is 9.34. The first-order chi connectivity index (χ1) is 14.7. The normalized spacial score (nSPS) is 15.3. The van der Waals surface area contributed by atoms with Crippen LogP contribution in [0.5, 0.6) is 0 Å². The van der Waals surface area contributed by atoms with E-state index in [1.807, 2.05) is 0 Å². The summed E-state index contributed by atoms with van der Waals surface area (Å²) in [6.07, 6.45) is -5.98. The Labute approximate surface area is 175 Å². The number of esters is 1. The molecule has 1 heterocycles. The molecule has 1 aliphatic heterocycles. The molecule has 10 heteroatoms. The SMILES string of the molecule is CC(OC(=O)c1ccccc1F)C(=O)Nc1cc(C(F)(F)F)ccc1N1CCOCC1. The smallest absolute Gasteiger partial charge is 0.416 e. The van der Waals surface area contributed by atoms with E-state index in [9.17, 15) is 27.2 Å². The number of ether oxygens (including phenoxy) is 2. The van der Waals surface area contributed by atoms with Gasteiger partial charge in [0.05, 0.1) is 35.7 Å². The van der Waals surface area contributed by atoms with Crippen molar-refractivity contribution in [1.29, 1.82) is 0 Å². The van der Waals surface area contributed by atoms with E-state index in [2.05, 4.69) is 5.32 Å². The van der Waals surface area contributed by atoms with Crippen molar-refractivity contribution in [3.63, 3.8) is 0 Å². The lowest BCUT2D eigenvalue weighted by atomic mass is 10.1. The number of benzene rings is 2. The quantitative estimate of drug-likeness (QED) is 0.565. The Balaban J connectivity index is 1.79. The second-order valence-electron chi connectivity index (χ2n) is 6.85. The minimum absolute atomic E-state index is 0.0736. The van der Waals surface area contributed by atoms with E-state index < -0.39 is 35.5 Å². The van der Waals surface area contributed by atoms with Crippen LogP contribution in [0.2, 0.25) is 0 Å². The van der Waals surface area contributed by atoms with Gasteiger partial charge < -0.3 is 19.7 Å². The Morgan fingerprint density at radius 3 is 2.45 bits per heavy atom. The van der Waals surface area contributed by atoms with E-state index in [-0.39, 0.29) is 11.3 Å². The van der Waals surface area contributed by atoms with Crippen LogP contribution in [0.1, 0.15) is 22.8 Å². The van der Waals surface area contributed by atoms with Gasteiger partial charge in [-0.2, -0.15) is 13.2 Å². The van der Waals surface area contributed by atoms with Crippen molar-refractivity contribution in [3.8, 4) is 0 Å². The monoisotopic (exact) mass is 440 g/mol. The third-order valence-corrected chi connectivity index (χ3v) is 4.68. The van der Waals surface area contributed by atoms with Crippen LogP contribution in [0, 0.1) is 5.82 Å². The Kier molecular flexibility index (Phi) is 6.79. The van der Waals surface area contributed by atoms with Gasteiger partial charge in [-0.05, 0) is 37.3 Å². The summed E-state index contributed by atoms with van der Waals surface area (Å²) in [6.45, 7) is 2.91. The van der Waals surface area contributed by atoms with E-state index in [1.54, 1.807) is 4.90 Å². The lowest BCUT2D eigenvalue weighted by Gasteiger charge is -2.31. The van der Waals surface area contributed by atoms with Crippen LogP contribution in [0.3, 0.4) is 0 Å². The van der Waals surface area contributed by atoms with Gasteiger partial charge in [0.25, 0.3) is 5.91 Å². The molecular weight excluding hydrogens is 420 g/mol. The molecule has 1 unspecified atom stereocenters. The fourth-order valence-electron chi connectivity index (χ4n) is 3.03. The number of alkyl halides is 3. The largest absolute Gasteiger partial charge is 0.449 e. The summed E-state index contributed by atoms with van der Waals surface area (Å²) < 4.78 is 63.5. The number of nitrogens with zero attached hydrogens (tertiary/aromatic N) is 1. The van der Waals surface area contributed by atoms with Crippen LogP contribution in [0.25, 0.3) is 0 Å². The highest BCUT2D eigenvalue weighted by atomic mass is 19.4. The molecular formula is C21H20F4N2O4. The number of anilines is 2. The molecule has 1 atom stereocenters. The average molecular weight is 440 g/mol. The molecule has 0 aliphatic carbocycles. The number of halogens is 4. The van der Waals surface area contributed by atoms with Gasteiger partial charge in [0.2, 0.25) is 0 Å². The first kappa shape index (κ1) is 22.5. The maximum atomic E-state index is 13.7. The maximum absolute atomic E-state index is 13.7. The van der Waals surface area contributed by atoms with Gasteiger partial charge in [0, 0.05) is 13.1 Å². The third-order valence-electron chi connectivity index (χ3n) is 4.68. The molecule has 31 heavy (non-hydrogen) atoms. The summed E-state index contributed by atoms with van der Waals surface area (Å²) >= 11 is 0. The van der Waals surface area contributed by atoms with Gasteiger partial charge >= 0.3 is 12.1 Å². The van der Waals surface area contributed by atoms with E-state index in [0.717, 1.165) is 18.2 Å². The van der Waals surface area contributed by atoms with Gasteiger partial charge in [-0.3, -0.25) is 4.79 Å². The molecule has 1 saturated heterocycles. The standard InChI is InChI=1S/C21H20F4N2O4/c1-13(31-20(29)15-4-2-3-5-16(15)22)19(28)26-17-12-14(21(23,24)25)6-7-18(17)27-8-10-30-11-9-27/h2-7,12-13H,8-11H2,1H3,(H,26,28). The highest BCUT2D eigenvalue weighted by Crippen LogP contribution is 2.36. The number of amides is 1. The second-order valence-corrected chi connectivity index (χ2v) is 6.85. The molecule has 6 nitrogen and oxygen atoms in total. The summed E-state index contributed by atoms with van der Waals surface area (Å²) in [5.41, 5.74) is -0.973. The molecule has 0 spiro atoms. The van der Waals surface area contributed by atoms with Crippen molar-refractivity contribution < 1.29 is 36.6 Å². The van der Waals surface area contributed by atoms with Crippen LogP contribution >= 0.6 is 0 Å². The Hall–Kier alpha value is -3.14. The van der Waals surface area contributed by atoms with Gasteiger partial charge in [-0.1, -0.05) is 12.1 Å². The van der Waals surface area contributed by atoms with E-state index >= 15 is 0 Å². The highest BCUT2D eigenvalue weighted by molar-refractivity contribution is 5.99. The number of carbonyl (C=O) groups is 2. The van der Waals surface area contributed by atoms with E-state index in [1.165, 1.54) is 31.2 Å². The number of carbonyl (C=O) groups excluding carboxylic acids is 2. The van der Waals surface area contributed by atoms with Gasteiger partial charge in [-0.25, -0.2) is 9.18 Å². The first-order valence-electron chi connectivity index (χ1n) is 9.47. The highest BCUT2D eigenvalue weighted by Gasteiger charge is 2.32. The topological polar surface area (TPSA) is 67.9 Å². The minimum atomic E-state index is -4.61. The fourth-order valence-corrected chi connectivity index (χ4v) is 3.03. The number of nitrogens with one attached hydrogen (secondary N) is 1. The Morgan fingerprint density at radius 1 is 1.13 bits per heavy atom. The molecule has 0 bridgehead atoms. The molecule has 0 saturated carbocycles. The van der Waals surface area contributed by atoms with Crippen molar-refractivity contribution in [2.45, 2.75) is 19.2 Å². The van der Waals surface area contributed by atoms with E-state index in [4.69, 9.17) is 9.47 Å². The number of morpholine rings is 1. The van der Waals surface area contributed by atoms with E-state index in [0.29, 0.717) is 32.0 Å². The number of hydrogen-bond donors (Lipinski definition) is 1. The Bertz CT molecular complexity index is 959. The van der Waals surface area contributed by atoms with Crippen LogP contribution in [0.4, 0.5) is 28.9 Å². The predicted octanol–water partition coefficient (Wildman–Crippen LogP) is 3.87. The van der Waals surface area contributed by atoms with Crippen molar-refractivity contribution in [3.05, 3.63) is 59.4 Å². The van der Waals surface area contributed by atoms with Crippen molar-refractivity contribution in [2.24, 2.45) is 0 Å². The molecule has 0 radical (unpaired) electrons. The summed E-state index contributed by atoms with van der Waals surface area (Å²) in [5, 5.41) is 2.40. The molecule has 1 fully saturated rings. The summed E-state index contributed by atoms with van der Waals surface area (Å²) in [6, 6.07) is 8.13. The van der Waals surface area contributed by atoms with Crippen LogP contribution in [-0.4, -0.2) is 44.3 Å². The zero-order valence-electron chi connectivity index (χ0n) is 16.5. The number of hydrogen-bond acceptors (Lipinski definition) is 5. The van der Waals surface area contributed by atoms with Crippen LogP contribution in [0.15, 0.2) is 42.5 Å². The fraction of sp³-hybridized carbons (Fsp3) is 0.333. The first-order valence-corrected chi connectivity index (χ1v) is 9.47. The van der Waals surface area contributed by atoms with Crippen molar-refractivity contribution in [1.82, 2.24) is 0 Å². The lowest BCUT2D eigenvalue weighted by Crippen LogP contribution is -2.37. The van der Waals surface area contributed by atoms with Gasteiger partial charge in [-0.15, -0.1) is 0 Å². The lowest BCUT2D eigenvalue weighted by molar-refractivity contribution is -0.137. The van der Waals surface area contributed by atoms with Crippen LogP contribution in [-0.2, 0) is 20.4 Å². The average Bonchev–Trinajstić information content (AvgIpc) is 2.73. The van der Waals surface area contributed by atoms with Crippen LogP contribution < -0.4 is 10.2 Å². The summed E-state index contributed by atoms with van der Waals surface area (Å²) in [7, 11) is 0. The molecule has 1 N–H and O–H groups in total. The van der Waals surface area contributed by atoms with Crippen molar-refractivity contribution in [2.75, 3.05) is 36.5 Å². The van der Waals surface area contributed by atoms with Gasteiger partial charge in [0.15, 0.2) is 6.10 Å². The van der Waals surface area contributed by atoms with Crippen molar-refractivity contribution >= 4 is 23.3 Å². The van der Waals surface area contributed by atoms with Gasteiger partial charge in [0.1, 0.15) is 5.82 Å². The molecule has 1 amide bonds. The predicted molar refractivity (Wildman–Crippen MR) is 104 cm³/mol. The zero-order chi connectivity index (χ0) is 22.6.